The van der Waals surface area contributed by atoms with E-state index in [1.165, 1.54) is 25.7 Å². The average Bonchev–Trinajstić information content (AvgIpc) is 1.89. The molecular weight excluding hydrogens is 108 g/mol. The Morgan fingerprint density at radius 3 is 2.67 bits per heavy atom. The third-order valence-electron chi connectivity index (χ3n) is 1.32. The van der Waals surface area contributed by atoms with Crippen molar-refractivity contribution >= 4 is 0 Å². The number of unbranched alkanes of at least 4 members (excludes halogenated alkanes) is 5. The van der Waals surface area contributed by atoms with Gasteiger partial charge in [0.25, 0.3) is 0 Å². The second-order valence-corrected chi connectivity index (χ2v) is 2.22. The maximum absolute atomic E-state index is 5.04. The molecule has 0 aliphatic heterocycles. The molecule has 0 aliphatic carbocycles. The van der Waals surface area contributed by atoms with Gasteiger partial charge < -0.3 is 0 Å². The summed E-state index contributed by atoms with van der Waals surface area (Å²) >= 11 is 0. The minimum absolute atomic E-state index is 1.09. The molecule has 0 nitrogen and oxygen atoms in total. The summed E-state index contributed by atoms with van der Waals surface area (Å²) in [4.78, 5) is 0. The second-order valence-electron chi connectivity index (χ2n) is 2.22. The van der Waals surface area contributed by atoms with E-state index in [1.807, 2.05) is 6.42 Å². The summed E-state index contributed by atoms with van der Waals surface area (Å²) in [7, 11) is 0. The van der Waals surface area contributed by atoms with Gasteiger partial charge in [-0.15, -0.1) is 12.3 Å². The minimum Gasteiger partial charge on any atom is -0.120 e. The van der Waals surface area contributed by atoms with E-state index >= 15 is 0 Å². The Balaban J connectivity index is 2.69. The number of hydrogen-bond donors (Lipinski definition) is 0. The molecule has 0 saturated carbocycles. The first kappa shape index (κ1) is 8.56. The zero-order valence-electron chi connectivity index (χ0n) is 6.19. The summed E-state index contributed by atoms with van der Waals surface area (Å²) in [5.41, 5.74) is 0. The molecule has 0 aromatic carbocycles. The van der Waals surface area contributed by atoms with Crippen LogP contribution in [-0.2, 0) is 0 Å². The van der Waals surface area contributed by atoms with Crippen LogP contribution < -0.4 is 0 Å². The summed E-state index contributed by atoms with van der Waals surface area (Å²) < 4.78 is 0. The molecule has 0 bridgehead atoms. The molecule has 0 saturated heterocycles. The van der Waals surface area contributed by atoms with Gasteiger partial charge in [0.1, 0.15) is 0 Å². The molecule has 0 fully saturated rings. The first-order chi connectivity index (χ1) is 4.41. The molecule has 1 radical (unpaired) electrons. The molecule has 0 aliphatic rings. The Hall–Kier alpha value is -0.440. The van der Waals surface area contributed by atoms with E-state index in [1.54, 1.807) is 0 Å². The summed E-state index contributed by atoms with van der Waals surface area (Å²) in [5, 5.41) is 0. The van der Waals surface area contributed by atoms with Gasteiger partial charge in [0.15, 0.2) is 0 Å². The molecule has 0 aromatic rings. The van der Waals surface area contributed by atoms with Gasteiger partial charge in [-0.25, -0.2) is 0 Å². The maximum atomic E-state index is 5.04. The van der Waals surface area contributed by atoms with Crippen molar-refractivity contribution in [2.75, 3.05) is 0 Å². The van der Waals surface area contributed by atoms with Gasteiger partial charge >= 0.3 is 0 Å². The first-order valence-electron chi connectivity index (χ1n) is 3.69. The lowest BCUT2D eigenvalue weighted by Gasteiger charge is -1.93. The van der Waals surface area contributed by atoms with Gasteiger partial charge in [0.05, 0.1) is 0 Å². The van der Waals surface area contributed by atoms with Crippen LogP contribution in [0.15, 0.2) is 0 Å². The molecule has 0 aromatic heterocycles. The number of hydrogen-bond acceptors (Lipinski definition) is 0. The molecule has 0 unspecified atom stereocenters. The lowest BCUT2D eigenvalue weighted by molar-refractivity contribution is 0.668. The van der Waals surface area contributed by atoms with Crippen molar-refractivity contribution in [3.63, 3.8) is 0 Å². The zero-order valence-corrected chi connectivity index (χ0v) is 6.19. The summed E-state index contributed by atoms with van der Waals surface area (Å²) in [6, 6.07) is 0. The zero-order chi connectivity index (χ0) is 6.95. The van der Waals surface area contributed by atoms with Crippen molar-refractivity contribution in [2.45, 2.75) is 39.0 Å². The van der Waals surface area contributed by atoms with Gasteiger partial charge in [-0.2, -0.15) is 0 Å². The third kappa shape index (κ3) is 7.56. The van der Waals surface area contributed by atoms with Gasteiger partial charge in [0, 0.05) is 6.42 Å². The summed E-state index contributed by atoms with van der Waals surface area (Å²) in [5.74, 6) is 2.52. The van der Waals surface area contributed by atoms with Crippen molar-refractivity contribution < 1.29 is 0 Å². The van der Waals surface area contributed by atoms with Crippen LogP contribution in [0, 0.1) is 18.8 Å². The Bertz CT molecular complexity index is 76.5. The highest BCUT2D eigenvalue weighted by Crippen LogP contribution is 2.02. The van der Waals surface area contributed by atoms with Gasteiger partial charge in [-0.3, -0.25) is 0 Å². The molecule has 0 N–H and O–H groups in total. The lowest BCUT2D eigenvalue weighted by atomic mass is 10.1. The standard InChI is InChI=1S/C9H15/c1-3-5-7-9-8-6-4-2/h1,5H,4,6-9H2,2H3. The van der Waals surface area contributed by atoms with E-state index in [-0.39, 0.29) is 0 Å². The SMILES string of the molecule is C#C[CH]CCCCCC. The highest BCUT2D eigenvalue weighted by Gasteiger charge is 1.85. The van der Waals surface area contributed by atoms with Crippen LogP contribution in [0.2, 0.25) is 0 Å². The van der Waals surface area contributed by atoms with Crippen molar-refractivity contribution in [3.8, 4) is 12.3 Å². The number of terminal acetylenes is 1. The van der Waals surface area contributed by atoms with Gasteiger partial charge in [-0.05, 0) is 6.42 Å². The Kier molecular flexibility index (Phi) is 7.19. The van der Waals surface area contributed by atoms with Crippen LogP contribution in [-0.4, -0.2) is 0 Å². The molecule has 0 atom stereocenters. The van der Waals surface area contributed by atoms with Crippen LogP contribution in [0.3, 0.4) is 0 Å². The van der Waals surface area contributed by atoms with E-state index in [2.05, 4.69) is 12.8 Å². The van der Waals surface area contributed by atoms with E-state index in [9.17, 15) is 0 Å². The van der Waals surface area contributed by atoms with E-state index in [0.717, 1.165) is 6.42 Å². The molecular formula is C9H15. The Labute approximate surface area is 58.7 Å². The van der Waals surface area contributed by atoms with Crippen LogP contribution >= 0.6 is 0 Å². The largest absolute Gasteiger partial charge is 0.120 e. The van der Waals surface area contributed by atoms with Gasteiger partial charge in [-0.1, -0.05) is 32.6 Å². The van der Waals surface area contributed by atoms with Crippen molar-refractivity contribution in [1.82, 2.24) is 0 Å². The monoisotopic (exact) mass is 123 g/mol. The van der Waals surface area contributed by atoms with E-state index in [0.29, 0.717) is 0 Å². The van der Waals surface area contributed by atoms with Crippen molar-refractivity contribution in [1.29, 1.82) is 0 Å². The molecule has 0 heterocycles. The highest BCUT2D eigenvalue weighted by molar-refractivity contribution is 4.99. The molecule has 0 amide bonds. The fourth-order valence-electron chi connectivity index (χ4n) is 0.757. The smallest absolute Gasteiger partial charge is 0.0337 e. The Morgan fingerprint density at radius 1 is 1.33 bits per heavy atom. The van der Waals surface area contributed by atoms with Gasteiger partial charge in [0.2, 0.25) is 0 Å². The summed E-state index contributed by atoms with van der Waals surface area (Å²) in [6.07, 6.45) is 13.3. The fourth-order valence-corrected chi connectivity index (χ4v) is 0.757. The van der Waals surface area contributed by atoms with Crippen molar-refractivity contribution in [2.24, 2.45) is 0 Å². The molecule has 51 valence electrons. The molecule has 0 spiro atoms. The first-order valence-corrected chi connectivity index (χ1v) is 3.69. The minimum atomic E-state index is 1.09. The summed E-state index contributed by atoms with van der Waals surface area (Å²) in [6.45, 7) is 2.21. The number of rotatable bonds is 5. The molecule has 0 heteroatoms. The topological polar surface area (TPSA) is 0 Å². The second kappa shape index (κ2) is 7.56. The average molecular weight is 123 g/mol. The van der Waals surface area contributed by atoms with Crippen LogP contribution in [0.4, 0.5) is 0 Å². The van der Waals surface area contributed by atoms with Crippen LogP contribution in [0.5, 0.6) is 0 Å². The predicted molar refractivity (Wildman–Crippen MR) is 41.9 cm³/mol. The molecule has 0 rings (SSSR count). The van der Waals surface area contributed by atoms with Crippen LogP contribution in [0.25, 0.3) is 0 Å². The third-order valence-corrected chi connectivity index (χ3v) is 1.32. The predicted octanol–water partition coefficient (Wildman–Crippen LogP) is 2.79. The maximum Gasteiger partial charge on any atom is 0.0337 e. The Morgan fingerprint density at radius 2 is 2.11 bits per heavy atom. The fraction of sp³-hybridized carbons (Fsp3) is 0.667. The van der Waals surface area contributed by atoms with E-state index < -0.39 is 0 Å². The quantitative estimate of drug-likeness (QED) is 0.389. The highest BCUT2D eigenvalue weighted by atomic mass is 13.9. The molecule has 9 heavy (non-hydrogen) atoms. The van der Waals surface area contributed by atoms with E-state index in [4.69, 9.17) is 6.42 Å². The lowest BCUT2D eigenvalue weighted by Crippen LogP contribution is -1.75. The van der Waals surface area contributed by atoms with Crippen molar-refractivity contribution in [3.05, 3.63) is 6.42 Å². The normalized spacial score (nSPS) is 8.89. The van der Waals surface area contributed by atoms with Crippen LogP contribution in [0.1, 0.15) is 39.0 Å².